The van der Waals surface area contributed by atoms with Crippen LogP contribution in [0.4, 0.5) is 0 Å². The molecule has 1 aromatic rings. The average molecular weight is 267 g/mol. The van der Waals surface area contributed by atoms with Gasteiger partial charge in [0.15, 0.2) is 5.76 Å². The molecule has 2 rings (SSSR count). The van der Waals surface area contributed by atoms with Crippen molar-refractivity contribution in [1.29, 1.82) is 0 Å². The minimum absolute atomic E-state index is 0.0253. The average Bonchev–Trinajstić information content (AvgIpc) is 2.87. The summed E-state index contributed by atoms with van der Waals surface area (Å²) >= 11 is 0. The molecule has 1 fully saturated rings. The number of hydrogen-bond acceptors (Lipinski definition) is 4. The fraction of sp³-hybridized carbons (Fsp3) is 0.538. The number of aliphatic hydroxyl groups excluding tert-OH is 1. The molecule has 0 saturated heterocycles. The lowest BCUT2D eigenvalue weighted by Crippen LogP contribution is -2.36. The van der Waals surface area contributed by atoms with Gasteiger partial charge in [0.2, 0.25) is 5.76 Å². The Morgan fingerprint density at radius 2 is 1.95 bits per heavy atom. The number of aromatic carboxylic acids is 1. The molecule has 0 bridgehead atoms. The molecule has 1 aromatic heterocycles. The van der Waals surface area contributed by atoms with E-state index in [1.165, 1.54) is 12.1 Å². The van der Waals surface area contributed by atoms with Crippen molar-refractivity contribution in [2.45, 2.75) is 31.8 Å². The van der Waals surface area contributed by atoms with E-state index in [9.17, 15) is 14.7 Å². The molecular weight excluding hydrogens is 250 g/mol. The number of furan rings is 1. The maximum Gasteiger partial charge on any atom is 0.371 e. The van der Waals surface area contributed by atoms with Gasteiger partial charge in [-0.1, -0.05) is 12.8 Å². The molecule has 1 aliphatic rings. The SMILES string of the molecule is O=C(O)c1ccc(C(=O)NCC2CCCCC2O)o1. The fourth-order valence-corrected chi connectivity index (χ4v) is 2.31. The summed E-state index contributed by atoms with van der Waals surface area (Å²) in [4.78, 5) is 22.4. The van der Waals surface area contributed by atoms with Crippen LogP contribution in [0.3, 0.4) is 0 Å². The molecule has 6 heteroatoms. The lowest BCUT2D eigenvalue weighted by molar-refractivity contribution is 0.0647. The van der Waals surface area contributed by atoms with Crippen LogP contribution < -0.4 is 5.32 Å². The molecule has 6 nitrogen and oxygen atoms in total. The third kappa shape index (κ3) is 3.35. The minimum atomic E-state index is -1.21. The van der Waals surface area contributed by atoms with Crippen molar-refractivity contribution < 1.29 is 24.2 Å². The first-order valence-electron chi connectivity index (χ1n) is 6.37. The Kier molecular flexibility index (Phi) is 4.21. The second kappa shape index (κ2) is 5.88. The lowest BCUT2D eigenvalue weighted by Gasteiger charge is -2.27. The highest BCUT2D eigenvalue weighted by molar-refractivity contribution is 5.93. The van der Waals surface area contributed by atoms with Gasteiger partial charge in [-0.3, -0.25) is 4.79 Å². The lowest BCUT2D eigenvalue weighted by atomic mass is 9.86. The summed E-state index contributed by atoms with van der Waals surface area (Å²) in [6.45, 7) is 0.378. The van der Waals surface area contributed by atoms with Crippen LogP contribution in [0.15, 0.2) is 16.5 Å². The first kappa shape index (κ1) is 13.6. The van der Waals surface area contributed by atoms with Gasteiger partial charge in [-0.15, -0.1) is 0 Å². The number of rotatable bonds is 4. The van der Waals surface area contributed by atoms with Crippen LogP contribution in [0.2, 0.25) is 0 Å². The Hall–Kier alpha value is -1.82. The van der Waals surface area contributed by atoms with Crippen molar-refractivity contribution >= 4 is 11.9 Å². The second-order valence-electron chi connectivity index (χ2n) is 4.79. The number of carboxylic acid groups (broad SMARTS) is 1. The number of carbonyl (C=O) groups excluding carboxylic acids is 1. The van der Waals surface area contributed by atoms with Gasteiger partial charge >= 0.3 is 5.97 Å². The van der Waals surface area contributed by atoms with E-state index in [-0.39, 0.29) is 23.5 Å². The van der Waals surface area contributed by atoms with E-state index in [0.29, 0.717) is 6.54 Å². The smallest absolute Gasteiger partial charge is 0.371 e. The predicted molar refractivity (Wildman–Crippen MR) is 66.0 cm³/mol. The summed E-state index contributed by atoms with van der Waals surface area (Å²) in [5.41, 5.74) is 0. The standard InChI is InChI=1S/C13H17NO5/c15-9-4-2-1-3-8(9)7-14-12(16)10-5-6-11(19-10)13(17)18/h5-6,8-9,15H,1-4,7H2,(H,14,16)(H,17,18). The maximum absolute atomic E-state index is 11.8. The monoisotopic (exact) mass is 267 g/mol. The predicted octanol–water partition coefficient (Wildman–Crippen LogP) is 1.26. The number of carboxylic acids is 1. The number of carbonyl (C=O) groups is 2. The van der Waals surface area contributed by atoms with Crippen LogP contribution in [0.25, 0.3) is 0 Å². The van der Waals surface area contributed by atoms with E-state index in [2.05, 4.69) is 5.32 Å². The van der Waals surface area contributed by atoms with E-state index in [1.54, 1.807) is 0 Å². The molecule has 1 heterocycles. The molecule has 1 saturated carbocycles. The number of aliphatic hydroxyl groups is 1. The second-order valence-corrected chi connectivity index (χ2v) is 4.79. The van der Waals surface area contributed by atoms with Crippen molar-refractivity contribution in [3.8, 4) is 0 Å². The summed E-state index contributed by atoms with van der Waals surface area (Å²) in [7, 11) is 0. The molecule has 1 amide bonds. The highest BCUT2D eigenvalue weighted by Crippen LogP contribution is 2.23. The van der Waals surface area contributed by atoms with Crippen molar-refractivity contribution in [1.82, 2.24) is 5.32 Å². The molecule has 3 N–H and O–H groups in total. The molecular formula is C13H17NO5. The van der Waals surface area contributed by atoms with E-state index in [0.717, 1.165) is 25.7 Å². The van der Waals surface area contributed by atoms with E-state index >= 15 is 0 Å². The molecule has 0 aromatic carbocycles. The zero-order valence-corrected chi connectivity index (χ0v) is 10.5. The van der Waals surface area contributed by atoms with Crippen LogP contribution in [-0.2, 0) is 0 Å². The van der Waals surface area contributed by atoms with Gasteiger partial charge in [0.05, 0.1) is 6.10 Å². The van der Waals surface area contributed by atoms with Gasteiger partial charge in [-0.25, -0.2) is 4.79 Å². The third-order valence-electron chi connectivity index (χ3n) is 3.43. The molecule has 0 radical (unpaired) electrons. The van der Waals surface area contributed by atoms with Crippen LogP contribution in [-0.4, -0.2) is 34.7 Å². The van der Waals surface area contributed by atoms with Crippen LogP contribution in [0.5, 0.6) is 0 Å². The third-order valence-corrected chi connectivity index (χ3v) is 3.43. The Morgan fingerprint density at radius 1 is 1.26 bits per heavy atom. The zero-order chi connectivity index (χ0) is 13.8. The molecule has 0 aliphatic heterocycles. The van der Waals surface area contributed by atoms with Gasteiger partial charge in [0.1, 0.15) is 0 Å². The zero-order valence-electron chi connectivity index (χ0n) is 10.5. The van der Waals surface area contributed by atoms with Crippen LogP contribution >= 0.6 is 0 Å². The first-order valence-corrected chi connectivity index (χ1v) is 6.37. The summed E-state index contributed by atoms with van der Waals surface area (Å²) in [6.07, 6.45) is 3.36. The number of hydrogen-bond donors (Lipinski definition) is 3. The van der Waals surface area contributed by atoms with E-state index in [4.69, 9.17) is 9.52 Å². The van der Waals surface area contributed by atoms with Crippen LogP contribution in [0, 0.1) is 5.92 Å². The summed E-state index contributed by atoms with van der Waals surface area (Å²) < 4.78 is 4.90. The normalized spacial score (nSPS) is 23.0. The van der Waals surface area contributed by atoms with Crippen molar-refractivity contribution in [2.24, 2.45) is 5.92 Å². The largest absolute Gasteiger partial charge is 0.475 e. The van der Waals surface area contributed by atoms with Crippen molar-refractivity contribution in [2.75, 3.05) is 6.54 Å². The summed E-state index contributed by atoms with van der Waals surface area (Å²) in [5.74, 6) is -1.89. The molecule has 2 unspecified atom stereocenters. The van der Waals surface area contributed by atoms with Crippen LogP contribution in [0.1, 0.15) is 46.8 Å². The Balaban J connectivity index is 1.88. The van der Waals surface area contributed by atoms with Gasteiger partial charge in [0, 0.05) is 12.5 Å². The first-order chi connectivity index (χ1) is 9.08. The summed E-state index contributed by atoms with van der Waals surface area (Å²) in [6, 6.07) is 2.57. The van der Waals surface area contributed by atoms with Crippen molar-refractivity contribution in [3.05, 3.63) is 23.7 Å². The van der Waals surface area contributed by atoms with Gasteiger partial charge in [-0.2, -0.15) is 0 Å². The Bertz CT molecular complexity index is 467. The number of nitrogens with one attached hydrogen (secondary N) is 1. The molecule has 0 spiro atoms. The van der Waals surface area contributed by atoms with E-state index in [1.807, 2.05) is 0 Å². The van der Waals surface area contributed by atoms with Crippen molar-refractivity contribution in [3.63, 3.8) is 0 Å². The van der Waals surface area contributed by atoms with E-state index < -0.39 is 11.9 Å². The Labute approximate surface area is 110 Å². The van der Waals surface area contributed by atoms with Gasteiger partial charge in [-0.05, 0) is 25.0 Å². The highest BCUT2D eigenvalue weighted by atomic mass is 16.4. The highest BCUT2D eigenvalue weighted by Gasteiger charge is 2.24. The quantitative estimate of drug-likeness (QED) is 0.762. The topological polar surface area (TPSA) is 99.8 Å². The maximum atomic E-state index is 11.8. The molecule has 1 aliphatic carbocycles. The fourth-order valence-electron chi connectivity index (χ4n) is 2.31. The van der Waals surface area contributed by atoms with Gasteiger partial charge < -0.3 is 19.9 Å². The van der Waals surface area contributed by atoms with Gasteiger partial charge in [0.25, 0.3) is 5.91 Å². The number of amides is 1. The molecule has 19 heavy (non-hydrogen) atoms. The molecule has 104 valence electrons. The minimum Gasteiger partial charge on any atom is -0.475 e. The molecule has 2 atom stereocenters. The Morgan fingerprint density at radius 3 is 2.58 bits per heavy atom. The summed E-state index contributed by atoms with van der Waals surface area (Å²) in [5, 5.41) is 21.1.